The average Bonchev–Trinajstić information content (AvgIpc) is 2.72. The first-order valence-corrected chi connectivity index (χ1v) is 13.7. The molecule has 0 saturated heterocycles. The van der Waals surface area contributed by atoms with Crippen molar-refractivity contribution in [3.05, 3.63) is 73.4 Å². The Morgan fingerprint density at radius 2 is 1.25 bits per heavy atom. The molecular formula is C19H14F2I2N2O5S2. The van der Waals surface area contributed by atoms with Gasteiger partial charge >= 0.3 is 0 Å². The molecule has 32 heavy (non-hydrogen) atoms. The van der Waals surface area contributed by atoms with E-state index >= 15 is 0 Å². The van der Waals surface area contributed by atoms with E-state index in [1.807, 2.05) is 0 Å². The highest BCUT2D eigenvalue weighted by Gasteiger charge is 2.25. The second-order valence-corrected chi connectivity index (χ2v) is 11.9. The van der Waals surface area contributed by atoms with Crippen molar-refractivity contribution in [1.29, 1.82) is 0 Å². The zero-order chi connectivity index (χ0) is 23.7. The maximum atomic E-state index is 13.8. The molecule has 0 spiro atoms. The molecule has 0 aliphatic carbocycles. The number of ether oxygens (including phenoxy) is 1. The summed E-state index contributed by atoms with van der Waals surface area (Å²) < 4.78 is 89.0. The Morgan fingerprint density at radius 3 is 1.72 bits per heavy atom. The molecule has 0 atom stereocenters. The molecule has 0 amide bonds. The number of halogens is 4. The van der Waals surface area contributed by atoms with Crippen molar-refractivity contribution >= 4 is 76.6 Å². The Morgan fingerprint density at radius 1 is 0.750 bits per heavy atom. The van der Waals surface area contributed by atoms with Gasteiger partial charge in [-0.3, -0.25) is 9.44 Å². The van der Waals surface area contributed by atoms with E-state index < -0.39 is 41.5 Å². The minimum Gasteiger partial charge on any atom is -0.495 e. The molecular weight excluding hydrogens is 692 g/mol. The van der Waals surface area contributed by atoms with Crippen molar-refractivity contribution in [3.8, 4) is 5.75 Å². The molecule has 0 aliphatic heterocycles. The van der Waals surface area contributed by atoms with Crippen LogP contribution in [0.25, 0.3) is 0 Å². The number of hydrogen-bond acceptors (Lipinski definition) is 5. The third-order valence-electron chi connectivity index (χ3n) is 4.08. The van der Waals surface area contributed by atoms with Gasteiger partial charge in [-0.1, -0.05) is 0 Å². The van der Waals surface area contributed by atoms with Crippen molar-refractivity contribution in [2.45, 2.75) is 9.79 Å². The van der Waals surface area contributed by atoms with E-state index in [1.165, 1.54) is 37.4 Å². The van der Waals surface area contributed by atoms with Gasteiger partial charge in [-0.15, -0.1) is 0 Å². The fourth-order valence-corrected chi connectivity index (χ4v) is 5.64. The summed E-state index contributed by atoms with van der Waals surface area (Å²) >= 11 is 3.52. The molecule has 2 N–H and O–H groups in total. The van der Waals surface area contributed by atoms with Gasteiger partial charge in [0.05, 0.1) is 23.4 Å². The summed E-state index contributed by atoms with van der Waals surface area (Å²) in [5, 5.41) is 0. The van der Waals surface area contributed by atoms with Crippen molar-refractivity contribution in [2.75, 3.05) is 16.6 Å². The maximum absolute atomic E-state index is 13.8. The highest BCUT2D eigenvalue weighted by Crippen LogP contribution is 2.30. The summed E-state index contributed by atoms with van der Waals surface area (Å²) in [6, 6.07) is 10.7. The molecule has 0 aromatic heterocycles. The minimum atomic E-state index is -4.35. The molecule has 13 heteroatoms. The molecule has 0 aliphatic rings. The molecule has 0 heterocycles. The van der Waals surface area contributed by atoms with Gasteiger partial charge in [-0.05, 0) is 99.8 Å². The largest absolute Gasteiger partial charge is 0.495 e. The van der Waals surface area contributed by atoms with Crippen LogP contribution < -0.4 is 14.2 Å². The van der Waals surface area contributed by atoms with Crippen LogP contribution in [0, 0.1) is 18.8 Å². The molecule has 3 rings (SSSR count). The van der Waals surface area contributed by atoms with Crippen molar-refractivity contribution < 1.29 is 30.4 Å². The number of hydrogen-bond donors (Lipinski definition) is 2. The topological polar surface area (TPSA) is 102 Å². The summed E-state index contributed by atoms with van der Waals surface area (Å²) in [5.74, 6) is -1.36. The van der Waals surface area contributed by atoms with Crippen LogP contribution >= 0.6 is 45.2 Å². The van der Waals surface area contributed by atoms with Crippen LogP contribution in [-0.2, 0) is 20.0 Å². The Balaban J connectivity index is 2.00. The predicted octanol–water partition coefficient (Wildman–Crippen LogP) is 4.78. The second-order valence-electron chi connectivity index (χ2n) is 6.28. The van der Waals surface area contributed by atoms with Crippen LogP contribution in [0.3, 0.4) is 0 Å². The first-order valence-electron chi connectivity index (χ1n) is 8.57. The number of rotatable bonds is 7. The second kappa shape index (κ2) is 9.64. The fourth-order valence-electron chi connectivity index (χ4n) is 2.58. The molecule has 0 unspecified atom stereocenters. The standard InChI is InChI=1S/C19H14F2I2N2O5S2/c1-30-18-7-4-13(31(26,27)24-11-2-5-16(22)14(20)8-11)10-19(18)32(28,29)25-12-3-6-17(23)15(21)9-12/h2-10,24-25H,1H3. The number of methoxy groups -OCH3 is 1. The Kier molecular flexibility index (Phi) is 7.51. The van der Waals surface area contributed by atoms with E-state index in [4.69, 9.17) is 4.74 Å². The van der Waals surface area contributed by atoms with Crippen molar-refractivity contribution in [3.63, 3.8) is 0 Å². The van der Waals surface area contributed by atoms with Crippen LogP contribution in [0.15, 0.2) is 64.4 Å². The number of benzene rings is 3. The van der Waals surface area contributed by atoms with E-state index in [-0.39, 0.29) is 17.1 Å². The van der Waals surface area contributed by atoms with Crippen LogP contribution in [0.1, 0.15) is 0 Å². The van der Waals surface area contributed by atoms with Crippen LogP contribution in [0.5, 0.6) is 5.75 Å². The lowest BCUT2D eigenvalue weighted by atomic mass is 10.3. The average molecular weight is 706 g/mol. The molecule has 0 radical (unpaired) electrons. The Bertz CT molecular complexity index is 1400. The lowest BCUT2D eigenvalue weighted by Gasteiger charge is -2.14. The van der Waals surface area contributed by atoms with E-state index in [1.54, 1.807) is 45.2 Å². The van der Waals surface area contributed by atoms with E-state index in [2.05, 4.69) is 9.44 Å². The normalized spacial score (nSPS) is 11.8. The van der Waals surface area contributed by atoms with E-state index in [0.717, 1.165) is 24.3 Å². The smallest absolute Gasteiger partial charge is 0.265 e. The van der Waals surface area contributed by atoms with Gasteiger partial charge in [0.15, 0.2) is 0 Å². The maximum Gasteiger partial charge on any atom is 0.265 e. The van der Waals surface area contributed by atoms with Gasteiger partial charge in [0.2, 0.25) is 0 Å². The summed E-state index contributed by atoms with van der Waals surface area (Å²) in [5.41, 5.74) is -0.0821. The van der Waals surface area contributed by atoms with Gasteiger partial charge in [0.1, 0.15) is 22.3 Å². The zero-order valence-corrected chi connectivity index (χ0v) is 22.0. The summed E-state index contributed by atoms with van der Waals surface area (Å²) in [6.45, 7) is 0. The van der Waals surface area contributed by atoms with E-state index in [9.17, 15) is 25.6 Å². The summed E-state index contributed by atoms with van der Waals surface area (Å²) in [6.07, 6.45) is 0. The monoisotopic (exact) mass is 706 g/mol. The summed E-state index contributed by atoms with van der Waals surface area (Å²) in [7, 11) is -7.39. The fraction of sp³-hybridized carbons (Fsp3) is 0.0526. The van der Waals surface area contributed by atoms with Crippen LogP contribution in [0.4, 0.5) is 20.2 Å². The molecule has 0 bridgehead atoms. The van der Waals surface area contributed by atoms with Crippen LogP contribution in [-0.4, -0.2) is 23.9 Å². The number of anilines is 2. The van der Waals surface area contributed by atoms with Gasteiger partial charge in [0.25, 0.3) is 20.0 Å². The van der Waals surface area contributed by atoms with E-state index in [0.29, 0.717) is 7.14 Å². The molecule has 0 saturated carbocycles. The van der Waals surface area contributed by atoms with Crippen molar-refractivity contribution in [1.82, 2.24) is 0 Å². The Labute approximate surface area is 211 Å². The predicted molar refractivity (Wildman–Crippen MR) is 133 cm³/mol. The van der Waals surface area contributed by atoms with Crippen LogP contribution in [0.2, 0.25) is 0 Å². The lowest BCUT2D eigenvalue weighted by molar-refractivity contribution is 0.402. The van der Waals surface area contributed by atoms with Crippen molar-refractivity contribution in [2.24, 2.45) is 0 Å². The quantitative estimate of drug-likeness (QED) is 0.345. The highest BCUT2D eigenvalue weighted by atomic mass is 127. The molecule has 0 fully saturated rings. The Hall–Kier alpha value is -1.72. The van der Waals surface area contributed by atoms with Gasteiger partial charge in [0, 0.05) is 7.14 Å². The molecule has 3 aromatic rings. The highest BCUT2D eigenvalue weighted by molar-refractivity contribution is 14.1. The molecule has 3 aromatic carbocycles. The third-order valence-corrected chi connectivity index (χ3v) is 8.61. The van der Waals surface area contributed by atoms with Gasteiger partial charge in [-0.25, -0.2) is 25.6 Å². The van der Waals surface area contributed by atoms with Gasteiger partial charge < -0.3 is 4.74 Å². The zero-order valence-electron chi connectivity index (χ0n) is 16.1. The SMILES string of the molecule is COc1ccc(S(=O)(=O)Nc2ccc(I)c(F)c2)cc1S(=O)(=O)Nc1ccc(I)c(F)c1. The molecule has 7 nitrogen and oxygen atoms in total. The number of sulfonamides is 2. The molecule has 170 valence electrons. The number of nitrogens with one attached hydrogen (secondary N) is 2. The summed E-state index contributed by atoms with van der Waals surface area (Å²) in [4.78, 5) is -0.873. The lowest BCUT2D eigenvalue weighted by Crippen LogP contribution is -2.17. The van der Waals surface area contributed by atoms with Gasteiger partial charge in [-0.2, -0.15) is 0 Å². The minimum absolute atomic E-state index is 0.0318. The third kappa shape index (κ3) is 5.60. The first kappa shape index (κ1) is 24.9. The first-order chi connectivity index (χ1) is 14.9.